The van der Waals surface area contributed by atoms with Crippen molar-refractivity contribution in [2.24, 2.45) is 18.7 Å². The first-order valence-corrected chi connectivity index (χ1v) is 11.6. The van der Waals surface area contributed by atoms with Crippen molar-refractivity contribution in [1.29, 1.82) is 0 Å². The number of primary amides is 1. The predicted molar refractivity (Wildman–Crippen MR) is 129 cm³/mol. The number of pyridine rings is 2. The summed E-state index contributed by atoms with van der Waals surface area (Å²) in [7, 11) is 1.89. The highest BCUT2D eigenvalue weighted by Crippen LogP contribution is 2.34. The van der Waals surface area contributed by atoms with Crippen LogP contribution < -0.4 is 16.6 Å². The van der Waals surface area contributed by atoms with Crippen LogP contribution in [0, 0.1) is 5.92 Å². The molecule has 1 saturated carbocycles. The highest BCUT2D eigenvalue weighted by atomic mass is 16.1. The molecule has 0 aliphatic heterocycles. The maximum absolute atomic E-state index is 13.2. The van der Waals surface area contributed by atoms with Gasteiger partial charge in [0.2, 0.25) is 0 Å². The summed E-state index contributed by atoms with van der Waals surface area (Å²) in [5, 5.41) is 7.82. The molecule has 0 bridgehead atoms. The minimum atomic E-state index is -0.508. The maximum Gasteiger partial charge on any atom is 0.273 e. The Hall–Kier alpha value is -3.42. The highest BCUT2D eigenvalue weighted by Gasteiger charge is 2.24. The number of carbonyl (C=O) groups excluding carboxylic acids is 1. The summed E-state index contributed by atoms with van der Waals surface area (Å²) < 4.78 is 3.58. The van der Waals surface area contributed by atoms with Gasteiger partial charge in [-0.05, 0) is 55.2 Å². The molecule has 0 radical (unpaired) electrons. The number of rotatable bonds is 7. The van der Waals surface area contributed by atoms with Gasteiger partial charge in [-0.15, -0.1) is 0 Å². The first kappa shape index (κ1) is 22.8. The summed E-state index contributed by atoms with van der Waals surface area (Å²) in [6.45, 7) is 4.90. The van der Waals surface area contributed by atoms with E-state index in [9.17, 15) is 9.59 Å². The largest absolute Gasteiger partial charge is 0.378 e. The van der Waals surface area contributed by atoms with Crippen molar-refractivity contribution in [2.45, 2.75) is 58.0 Å². The van der Waals surface area contributed by atoms with E-state index in [1.54, 1.807) is 16.9 Å². The molecule has 0 aromatic carbocycles. The van der Waals surface area contributed by atoms with Crippen LogP contribution in [0.3, 0.4) is 0 Å². The molecule has 0 spiro atoms. The molecule has 3 heterocycles. The zero-order valence-electron chi connectivity index (χ0n) is 19.5. The van der Waals surface area contributed by atoms with Gasteiger partial charge in [-0.3, -0.25) is 19.3 Å². The molecule has 0 atom stereocenters. The Morgan fingerprint density at radius 2 is 1.91 bits per heavy atom. The highest BCUT2D eigenvalue weighted by molar-refractivity contribution is 5.90. The van der Waals surface area contributed by atoms with Crippen LogP contribution in [0.15, 0.2) is 47.8 Å². The quantitative estimate of drug-likeness (QED) is 0.575. The fraction of sp³-hybridized carbons (Fsp3) is 0.440. The van der Waals surface area contributed by atoms with Crippen LogP contribution in [0.4, 0.5) is 5.69 Å². The number of nitrogens with zero attached hydrogens (tertiary/aromatic N) is 4. The SMILES string of the molecule is CC(C)Cn1cc(-c2cnn(C)c2)cc(NC2CCC(c3ccc(C(N)=O)nc3)CC2)c1=O. The Kier molecular flexibility index (Phi) is 6.62. The van der Waals surface area contributed by atoms with Gasteiger partial charge >= 0.3 is 0 Å². The van der Waals surface area contributed by atoms with Crippen molar-refractivity contribution in [1.82, 2.24) is 19.3 Å². The second-order valence-electron chi connectivity index (χ2n) is 9.43. The second kappa shape index (κ2) is 9.60. The third kappa shape index (κ3) is 5.32. The molecule has 3 aromatic rings. The number of nitrogens with one attached hydrogen (secondary N) is 1. The fourth-order valence-electron chi connectivity index (χ4n) is 4.58. The zero-order chi connectivity index (χ0) is 23.5. The summed E-state index contributed by atoms with van der Waals surface area (Å²) in [6, 6.07) is 5.84. The van der Waals surface area contributed by atoms with Crippen LogP contribution in [0.1, 0.15) is 61.5 Å². The summed E-state index contributed by atoms with van der Waals surface area (Å²) in [4.78, 5) is 28.6. The van der Waals surface area contributed by atoms with Gasteiger partial charge in [0, 0.05) is 49.4 Å². The van der Waals surface area contributed by atoms with E-state index in [1.807, 2.05) is 42.3 Å². The number of aromatic nitrogens is 4. The molecule has 1 fully saturated rings. The third-order valence-electron chi connectivity index (χ3n) is 6.28. The summed E-state index contributed by atoms with van der Waals surface area (Å²) in [5.41, 5.74) is 9.36. The van der Waals surface area contributed by atoms with Crippen LogP contribution in [-0.4, -0.2) is 31.3 Å². The van der Waals surface area contributed by atoms with Gasteiger partial charge in [0.15, 0.2) is 0 Å². The zero-order valence-corrected chi connectivity index (χ0v) is 19.5. The number of aryl methyl sites for hydroxylation is 1. The van der Waals surface area contributed by atoms with E-state index in [2.05, 4.69) is 29.2 Å². The van der Waals surface area contributed by atoms with Gasteiger partial charge in [0.1, 0.15) is 11.4 Å². The van der Waals surface area contributed by atoms with E-state index < -0.39 is 5.91 Å². The van der Waals surface area contributed by atoms with Gasteiger partial charge in [0.05, 0.1) is 6.20 Å². The Bertz CT molecular complexity index is 1170. The second-order valence-corrected chi connectivity index (χ2v) is 9.43. The number of hydrogen-bond acceptors (Lipinski definition) is 5. The Morgan fingerprint density at radius 1 is 1.15 bits per heavy atom. The fourth-order valence-corrected chi connectivity index (χ4v) is 4.58. The van der Waals surface area contributed by atoms with Crippen LogP contribution in [-0.2, 0) is 13.6 Å². The molecule has 1 aliphatic rings. The third-order valence-corrected chi connectivity index (χ3v) is 6.28. The average Bonchev–Trinajstić information content (AvgIpc) is 3.23. The summed E-state index contributed by atoms with van der Waals surface area (Å²) in [5.74, 6) is 0.257. The number of nitrogens with two attached hydrogens (primary N) is 1. The van der Waals surface area contributed by atoms with Crippen LogP contribution in [0.2, 0.25) is 0 Å². The Morgan fingerprint density at radius 3 is 2.48 bits per heavy atom. The van der Waals surface area contributed by atoms with Gasteiger partial charge in [0.25, 0.3) is 11.5 Å². The topological polar surface area (TPSA) is 108 Å². The summed E-state index contributed by atoms with van der Waals surface area (Å²) in [6.07, 6.45) is 11.4. The number of carbonyl (C=O) groups is 1. The van der Waals surface area contributed by atoms with Crippen molar-refractivity contribution < 1.29 is 4.79 Å². The molecule has 3 aromatic heterocycles. The molecule has 8 heteroatoms. The van der Waals surface area contributed by atoms with E-state index in [0.717, 1.165) is 42.4 Å². The van der Waals surface area contributed by atoms with Crippen molar-refractivity contribution in [3.63, 3.8) is 0 Å². The minimum Gasteiger partial charge on any atom is -0.378 e. The van der Waals surface area contributed by atoms with Crippen LogP contribution in [0.25, 0.3) is 11.1 Å². The lowest BCUT2D eigenvalue weighted by Gasteiger charge is -2.30. The van der Waals surface area contributed by atoms with Gasteiger partial charge < -0.3 is 15.6 Å². The number of amides is 1. The first-order chi connectivity index (χ1) is 15.8. The summed E-state index contributed by atoms with van der Waals surface area (Å²) >= 11 is 0. The van der Waals surface area contributed by atoms with Gasteiger partial charge in [-0.2, -0.15) is 5.10 Å². The van der Waals surface area contributed by atoms with Crippen molar-refractivity contribution in [2.75, 3.05) is 5.32 Å². The Balaban J connectivity index is 1.49. The molecule has 33 heavy (non-hydrogen) atoms. The predicted octanol–water partition coefficient (Wildman–Crippen LogP) is 3.54. The minimum absolute atomic E-state index is 0.0182. The van der Waals surface area contributed by atoms with Crippen molar-refractivity contribution >= 4 is 11.6 Å². The van der Waals surface area contributed by atoms with E-state index in [-0.39, 0.29) is 11.6 Å². The van der Waals surface area contributed by atoms with Crippen molar-refractivity contribution in [3.8, 4) is 11.1 Å². The van der Waals surface area contributed by atoms with Crippen LogP contribution >= 0.6 is 0 Å². The molecule has 0 saturated heterocycles. The van der Waals surface area contributed by atoms with E-state index in [0.29, 0.717) is 29.8 Å². The molecule has 1 aliphatic carbocycles. The molecule has 4 rings (SSSR count). The normalized spacial score (nSPS) is 18.4. The van der Waals surface area contributed by atoms with Crippen LogP contribution in [0.5, 0.6) is 0 Å². The van der Waals surface area contributed by atoms with Crippen molar-refractivity contribution in [3.05, 3.63) is 64.6 Å². The van der Waals surface area contributed by atoms with E-state index in [4.69, 9.17) is 5.73 Å². The van der Waals surface area contributed by atoms with E-state index >= 15 is 0 Å². The lowest BCUT2D eigenvalue weighted by atomic mass is 9.82. The number of anilines is 1. The molecule has 8 nitrogen and oxygen atoms in total. The smallest absolute Gasteiger partial charge is 0.273 e. The molecule has 3 N–H and O–H groups in total. The van der Waals surface area contributed by atoms with Gasteiger partial charge in [-0.1, -0.05) is 19.9 Å². The lowest BCUT2D eigenvalue weighted by molar-refractivity contribution is 0.0995. The molecule has 0 unspecified atom stereocenters. The molecular weight excluding hydrogens is 416 g/mol. The standard InChI is InChI=1S/C25H32N6O2/c1-16(2)13-31-15-19(20-12-28-30(3)14-20)10-23(25(31)33)29-21-7-4-17(5-8-21)18-6-9-22(24(26)32)27-11-18/h6,9-12,14-17,21,29H,4-5,7-8,13H2,1-3H3,(H2,26,32). The monoisotopic (exact) mass is 448 g/mol. The van der Waals surface area contributed by atoms with E-state index in [1.165, 1.54) is 0 Å². The molecule has 1 amide bonds. The molecular formula is C25H32N6O2. The maximum atomic E-state index is 13.2. The molecule has 174 valence electrons. The Labute approximate surface area is 193 Å². The first-order valence-electron chi connectivity index (χ1n) is 11.6. The number of hydrogen-bond donors (Lipinski definition) is 2. The lowest BCUT2D eigenvalue weighted by Crippen LogP contribution is -2.31. The van der Waals surface area contributed by atoms with Gasteiger partial charge in [-0.25, -0.2) is 0 Å². The average molecular weight is 449 g/mol.